The van der Waals surface area contributed by atoms with E-state index in [4.69, 9.17) is 4.42 Å². The molecule has 0 atom stereocenters. The molecule has 1 aromatic heterocycles. The molecular weight excluding hydrogens is 322 g/mol. The molecule has 9 heteroatoms. The largest absolute Gasteiger partial charge is 0.446 e. The molecule has 3 amide bonds. The molecule has 1 aliphatic heterocycles. The Labute approximate surface area is 134 Å². The number of carbonyl (C=O) groups excluding carboxylic acids is 2. The molecule has 0 aromatic carbocycles. The Balaban J connectivity index is 1.79. The average Bonchev–Trinajstić information content (AvgIpc) is 3.17. The molecule has 3 rings (SSSR count). The van der Waals surface area contributed by atoms with E-state index in [1.807, 2.05) is 0 Å². The Morgan fingerprint density at radius 1 is 1.26 bits per heavy atom. The van der Waals surface area contributed by atoms with Gasteiger partial charge in [0.1, 0.15) is 11.3 Å². The summed E-state index contributed by atoms with van der Waals surface area (Å²) in [6.07, 6.45) is 3.11. The van der Waals surface area contributed by atoms with Crippen LogP contribution in [-0.2, 0) is 21.4 Å². The number of rotatable bonds is 4. The number of carbonyl (C=O) groups is 2. The van der Waals surface area contributed by atoms with E-state index in [9.17, 15) is 18.0 Å². The van der Waals surface area contributed by atoms with Crippen LogP contribution in [-0.4, -0.2) is 49.2 Å². The monoisotopic (exact) mass is 341 g/mol. The molecule has 2 heterocycles. The van der Waals surface area contributed by atoms with Crippen molar-refractivity contribution in [2.75, 3.05) is 14.1 Å². The molecule has 126 valence electrons. The van der Waals surface area contributed by atoms with Gasteiger partial charge in [-0.2, -0.15) is 0 Å². The average molecular weight is 341 g/mol. The van der Waals surface area contributed by atoms with Gasteiger partial charge in [0.15, 0.2) is 0 Å². The molecule has 1 spiro atoms. The number of imide groups is 1. The van der Waals surface area contributed by atoms with Gasteiger partial charge in [0, 0.05) is 14.1 Å². The maximum Gasteiger partial charge on any atom is 0.325 e. The van der Waals surface area contributed by atoms with E-state index < -0.39 is 21.6 Å². The minimum Gasteiger partial charge on any atom is -0.446 e. The third-order valence-corrected chi connectivity index (χ3v) is 6.08. The molecule has 8 nitrogen and oxygen atoms in total. The molecule has 1 N–H and O–H groups in total. The second-order valence-corrected chi connectivity index (χ2v) is 8.20. The lowest BCUT2D eigenvalue weighted by Crippen LogP contribution is -2.44. The highest BCUT2D eigenvalue weighted by molar-refractivity contribution is 7.88. The lowest BCUT2D eigenvalue weighted by atomic mass is 9.98. The van der Waals surface area contributed by atoms with Crippen LogP contribution in [0.15, 0.2) is 21.6 Å². The van der Waals surface area contributed by atoms with Gasteiger partial charge in [0.25, 0.3) is 15.9 Å². The van der Waals surface area contributed by atoms with Crippen LogP contribution < -0.4 is 5.32 Å². The Hall–Kier alpha value is -1.87. The van der Waals surface area contributed by atoms with Crippen molar-refractivity contribution in [3.8, 4) is 0 Å². The van der Waals surface area contributed by atoms with E-state index in [2.05, 4.69) is 5.32 Å². The predicted molar refractivity (Wildman–Crippen MR) is 79.9 cm³/mol. The number of urea groups is 1. The molecule has 1 saturated carbocycles. The van der Waals surface area contributed by atoms with Crippen LogP contribution >= 0.6 is 0 Å². The summed E-state index contributed by atoms with van der Waals surface area (Å²) in [5.74, 6) is -0.00242. The van der Waals surface area contributed by atoms with E-state index >= 15 is 0 Å². The number of sulfonamides is 1. The summed E-state index contributed by atoms with van der Waals surface area (Å²) in [5.41, 5.74) is -0.776. The fourth-order valence-corrected chi connectivity index (χ4v) is 3.87. The fourth-order valence-electron chi connectivity index (χ4n) is 3.05. The molecule has 0 unspecified atom stereocenters. The number of amides is 3. The Kier molecular flexibility index (Phi) is 3.72. The zero-order valence-corrected chi connectivity index (χ0v) is 13.9. The number of furan rings is 1. The normalized spacial score (nSPS) is 20.7. The van der Waals surface area contributed by atoms with Crippen molar-refractivity contribution in [3.05, 3.63) is 17.9 Å². The van der Waals surface area contributed by atoms with Crippen LogP contribution in [0.4, 0.5) is 4.79 Å². The third-order valence-electron chi connectivity index (χ3n) is 4.39. The minimum absolute atomic E-state index is 0.0740. The number of nitrogens with zero attached hydrogens (tertiary/aromatic N) is 2. The summed E-state index contributed by atoms with van der Waals surface area (Å²) in [7, 11) is -0.873. The van der Waals surface area contributed by atoms with Gasteiger partial charge in [-0.1, -0.05) is 12.8 Å². The Morgan fingerprint density at radius 3 is 2.52 bits per heavy atom. The summed E-state index contributed by atoms with van der Waals surface area (Å²) in [6, 6.07) is 2.34. The van der Waals surface area contributed by atoms with Crippen molar-refractivity contribution >= 4 is 22.0 Å². The van der Waals surface area contributed by atoms with Crippen molar-refractivity contribution < 1.29 is 22.4 Å². The zero-order chi connectivity index (χ0) is 16.8. The van der Waals surface area contributed by atoms with Crippen LogP contribution in [0.1, 0.15) is 31.4 Å². The van der Waals surface area contributed by atoms with Gasteiger partial charge in [-0.25, -0.2) is 17.5 Å². The Morgan fingerprint density at radius 2 is 1.91 bits per heavy atom. The predicted octanol–water partition coefficient (Wildman–Crippen LogP) is 0.894. The lowest BCUT2D eigenvalue weighted by molar-refractivity contribution is -0.131. The first-order valence-electron chi connectivity index (χ1n) is 7.42. The van der Waals surface area contributed by atoms with Gasteiger partial charge in [-0.15, -0.1) is 0 Å². The van der Waals surface area contributed by atoms with E-state index in [1.165, 1.54) is 26.2 Å². The first kappa shape index (κ1) is 16.0. The molecular formula is C14H19N3O5S. The van der Waals surface area contributed by atoms with Gasteiger partial charge < -0.3 is 9.73 Å². The summed E-state index contributed by atoms with van der Waals surface area (Å²) >= 11 is 0. The third kappa shape index (κ3) is 2.53. The zero-order valence-electron chi connectivity index (χ0n) is 13.0. The van der Waals surface area contributed by atoms with Crippen LogP contribution in [0, 0.1) is 0 Å². The van der Waals surface area contributed by atoms with Gasteiger partial charge in [0.2, 0.25) is 5.09 Å². The van der Waals surface area contributed by atoms with Crippen LogP contribution in [0.3, 0.4) is 0 Å². The molecule has 2 aliphatic rings. The lowest BCUT2D eigenvalue weighted by Gasteiger charge is -2.19. The molecule has 1 aromatic rings. The van der Waals surface area contributed by atoms with Gasteiger partial charge >= 0.3 is 6.03 Å². The van der Waals surface area contributed by atoms with Gasteiger partial charge in [0.05, 0.1) is 6.54 Å². The van der Waals surface area contributed by atoms with E-state index in [0.29, 0.717) is 12.8 Å². The highest BCUT2D eigenvalue weighted by atomic mass is 32.2. The molecule has 23 heavy (non-hydrogen) atoms. The quantitative estimate of drug-likeness (QED) is 0.820. The second kappa shape index (κ2) is 5.34. The van der Waals surface area contributed by atoms with E-state index in [-0.39, 0.29) is 23.3 Å². The van der Waals surface area contributed by atoms with Crippen LogP contribution in [0.5, 0.6) is 0 Å². The maximum absolute atomic E-state index is 12.5. The standard InChI is InChI=1S/C14H19N3O5S/c1-16(2)23(20,21)11-6-5-10(22-11)9-17-12(18)14(15-13(17)19)7-3-4-8-14/h5-6H,3-4,7-9H2,1-2H3,(H,15,19). The van der Waals surface area contributed by atoms with Crippen molar-refractivity contribution in [1.29, 1.82) is 0 Å². The highest BCUT2D eigenvalue weighted by Crippen LogP contribution is 2.35. The number of hydrogen-bond donors (Lipinski definition) is 1. The summed E-state index contributed by atoms with van der Waals surface area (Å²) < 4.78 is 30.3. The van der Waals surface area contributed by atoms with E-state index in [1.54, 1.807) is 0 Å². The van der Waals surface area contributed by atoms with Gasteiger partial charge in [-0.3, -0.25) is 9.69 Å². The van der Waals surface area contributed by atoms with Crippen molar-refractivity contribution in [2.24, 2.45) is 0 Å². The van der Waals surface area contributed by atoms with Crippen molar-refractivity contribution in [2.45, 2.75) is 42.9 Å². The molecule has 0 radical (unpaired) electrons. The Bertz CT molecular complexity index is 746. The maximum atomic E-state index is 12.5. The molecule has 1 saturated heterocycles. The summed E-state index contributed by atoms with van der Waals surface area (Å²) in [4.78, 5) is 25.7. The second-order valence-electron chi connectivity index (χ2n) is 6.12. The smallest absolute Gasteiger partial charge is 0.325 e. The fraction of sp³-hybridized carbons (Fsp3) is 0.571. The minimum atomic E-state index is -3.68. The van der Waals surface area contributed by atoms with Crippen molar-refractivity contribution in [3.63, 3.8) is 0 Å². The summed E-state index contributed by atoms with van der Waals surface area (Å²) in [6.45, 7) is -0.0740. The molecule has 2 fully saturated rings. The molecule has 1 aliphatic carbocycles. The van der Waals surface area contributed by atoms with E-state index in [0.717, 1.165) is 22.0 Å². The summed E-state index contributed by atoms with van der Waals surface area (Å²) in [5, 5.41) is 2.57. The first-order valence-corrected chi connectivity index (χ1v) is 8.86. The highest BCUT2D eigenvalue weighted by Gasteiger charge is 2.52. The number of hydrogen-bond acceptors (Lipinski definition) is 5. The van der Waals surface area contributed by atoms with Gasteiger partial charge in [-0.05, 0) is 25.0 Å². The van der Waals surface area contributed by atoms with Crippen LogP contribution in [0.25, 0.3) is 0 Å². The SMILES string of the molecule is CN(C)S(=O)(=O)c1ccc(CN2C(=O)NC3(CCCC3)C2=O)o1. The number of nitrogens with one attached hydrogen (secondary N) is 1. The van der Waals surface area contributed by atoms with Crippen LogP contribution in [0.2, 0.25) is 0 Å². The molecule has 0 bridgehead atoms. The first-order chi connectivity index (χ1) is 10.8. The topological polar surface area (TPSA) is 99.9 Å². The van der Waals surface area contributed by atoms with Crippen molar-refractivity contribution in [1.82, 2.24) is 14.5 Å².